The summed E-state index contributed by atoms with van der Waals surface area (Å²) in [4.78, 5) is 10.5. The van der Waals surface area contributed by atoms with Crippen LogP contribution >= 0.6 is 0 Å². The molecule has 0 atom stereocenters. The highest BCUT2D eigenvalue weighted by molar-refractivity contribution is 6.15. The van der Waals surface area contributed by atoms with E-state index in [-0.39, 0.29) is 0 Å². The number of benzene rings is 8. The van der Waals surface area contributed by atoms with Crippen molar-refractivity contribution in [1.82, 2.24) is 14.5 Å². The Morgan fingerprint density at radius 2 is 1.10 bits per heavy atom. The first-order chi connectivity index (χ1) is 25.2. The van der Waals surface area contributed by atoms with Crippen molar-refractivity contribution in [3.8, 4) is 45.5 Å². The molecule has 0 saturated carbocycles. The third-order valence-electron chi connectivity index (χ3n) is 10.00. The van der Waals surface area contributed by atoms with Gasteiger partial charge in [0.2, 0.25) is 0 Å². The fraction of sp³-hybridized carbons (Fsp3) is 0. The van der Waals surface area contributed by atoms with Crippen molar-refractivity contribution in [2.24, 2.45) is 0 Å². The Kier molecular flexibility index (Phi) is 6.52. The molecule has 0 spiro atoms. The minimum Gasteiger partial charge on any atom is -0.309 e. The van der Waals surface area contributed by atoms with E-state index in [0.29, 0.717) is 11.4 Å². The second-order valence-electron chi connectivity index (χ2n) is 12.9. The average molecular weight is 649 g/mol. The van der Waals surface area contributed by atoms with E-state index in [1.807, 2.05) is 48.5 Å². The van der Waals surface area contributed by atoms with Gasteiger partial charge in [0.1, 0.15) is 0 Å². The molecule has 0 unspecified atom stereocenters. The number of nitrogens with zero attached hydrogens (tertiary/aromatic N) is 4. The summed E-state index contributed by atoms with van der Waals surface area (Å²) in [5.74, 6) is 0.527. The smallest absolute Gasteiger partial charge is 0.162 e. The van der Waals surface area contributed by atoms with Gasteiger partial charge in [-0.25, -0.2) is 9.97 Å². The minimum atomic E-state index is 0.521. The van der Waals surface area contributed by atoms with Crippen LogP contribution in [0.4, 0.5) is 0 Å². The first-order valence-corrected chi connectivity index (χ1v) is 17.1. The second-order valence-corrected chi connectivity index (χ2v) is 12.9. The lowest BCUT2D eigenvalue weighted by Crippen LogP contribution is -2.02. The highest BCUT2D eigenvalue weighted by atomic mass is 15.0. The number of hydrogen-bond donors (Lipinski definition) is 0. The highest BCUT2D eigenvalue weighted by Gasteiger charge is 2.22. The Bertz CT molecular complexity index is 3030. The summed E-state index contributed by atoms with van der Waals surface area (Å²) in [5, 5.41) is 18.5. The monoisotopic (exact) mass is 648 g/mol. The van der Waals surface area contributed by atoms with Gasteiger partial charge in [0.05, 0.1) is 39.6 Å². The van der Waals surface area contributed by atoms with Crippen LogP contribution in [-0.2, 0) is 0 Å². The minimum absolute atomic E-state index is 0.521. The molecule has 236 valence electrons. The van der Waals surface area contributed by atoms with E-state index in [0.717, 1.165) is 66.3 Å². The van der Waals surface area contributed by atoms with Crippen LogP contribution in [0.15, 0.2) is 170 Å². The Hall–Kier alpha value is -7.09. The first kappa shape index (κ1) is 28.9. The molecule has 51 heavy (non-hydrogen) atoms. The van der Waals surface area contributed by atoms with Crippen LogP contribution in [0.1, 0.15) is 5.56 Å². The van der Waals surface area contributed by atoms with Gasteiger partial charge >= 0.3 is 0 Å². The number of aromatic nitrogens is 3. The van der Waals surface area contributed by atoms with Gasteiger partial charge in [-0.1, -0.05) is 133 Å². The van der Waals surface area contributed by atoms with Crippen molar-refractivity contribution in [1.29, 1.82) is 5.26 Å². The van der Waals surface area contributed by atoms with E-state index in [9.17, 15) is 5.26 Å². The maximum absolute atomic E-state index is 10.9. The third-order valence-corrected chi connectivity index (χ3v) is 10.00. The van der Waals surface area contributed by atoms with Crippen LogP contribution in [0.5, 0.6) is 0 Å². The molecule has 4 heteroatoms. The lowest BCUT2D eigenvalue weighted by molar-refractivity contribution is 1.19. The van der Waals surface area contributed by atoms with Crippen LogP contribution in [0, 0.1) is 11.3 Å². The topological polar surface area (TPSA) is 54.5 Å². The predicted molar refractivity (Wildman–Crippen MR) is 210 cm³/mol. The van der Waals surface area contributed by atoms with Gasteiger partial charge in [-0.2, -0.15) is 5.26 Å². The van der Waals surface area contributed by atoms with E-state index >= 15 is 0 Å². The van der Waals surface area contributed by atoms with Crippen LogP contribution in [0.3, 0.4) is 0 Å². The maximum atomic E-state index is 10.9. The molecule has 10 rings (SSSR count). The molecule has 0 aliphatic heterocycles. The van der Waals surface area contributed by atoms with Gasteiger partial charge in [-0.15, -0.1) is 0 Å². The van der Waals surface area contributed by atoms with Crippen molar-refractivity contribution in [2.45, 2.75) is 0 Å². The van der Waals surface area contributed by atoms with E-state index in [1.165, 1.54) is 21.5 Å². The van der Waals surface area contributed by atoms with Crippen molar-refractivity contribution in [3.05, 3.63) is 175 Å². The lowest BCUT2D eigenvalue weighted by Gasteiger charge is -2.17. The standard InChI is InChI=1S/C47H28N4/c48-29-35-28-43(51-42-22-12-11-20-37(42)40-25-32-17-7-8-18-33(32)27-44(40)51)36-19-9-10-21-38(36)45(35)47-49-41-26-34(30-13-3-1-4-14-30)23-24-39(41)46(50-47)31-15-5-2-6-16-31/h1-28H. The third kappa shape index (κ3) is 4.60. The molecular weight excluding hydrogens is 621 g/mol. The molecule has 0 radical (unpaired) electrons. The summed E-state index contributed by atoms with van der Waals surface area (Å²) >= 11 is 0. The molecule has 0 saturated heterocycles. The zero-order valence-electron chi connectivity index (χ0n) is 27.5. The summed E-state index contributed by atoms with van der Waals surface area (Å²) in [6, 6.07) is 61.4. The quantitative estimate of drug-likeness (QED) is 0.191. The Balaban J connectivity index is 1.28. The number of nitriles is 1. The van der Waals surface area contributed by atoms with Crippen molar-refractivity contribution in [3.63, 3.8) is 0 Å². The number of hydrogen-bond acceptors (Lipinski definition) is 3. The fourth-order valence-corrected chi connectivity index (χ4v) is 7.65. The lowest BCUT2D eigenvalue weighted by atomic mass is 9.95. The largest absolute Gasteiger partial charge is 0.309 e. The van der Waals surface area contributed by atoms with E-state index in [1.54, 1.807) is 0 Å². The number of fused-ring (bicyclic) bond motifs is 6. The summed E-state index contributed by atoms with van der Waals surface area (Å²) < 4.78 is 2.31. The molecule has 2 aromatic heterocycles. The SMILES string of the molecule is N#Cc1cc(-n2c3ccccc3c3cc4ccccc4cc32)c2ccccc2c1-c1nc(-c2ccccc2)c2ccc(-c3ccccc3)cc2n1. The molecule has 0 fully saturated rings. The Morgan fingerprint density at radius 1 is 0.451 bits per heavy atom. The molecule has 4 nitrogen and oxygen atoms in total. The van der Waals surface area contributed by atoms with E-state index in [4.69, 9.17) is 9.97 Å². The fourth-order valence-electron chi connectivity index (χ4n) is 7.65. The first-order valence-electron chi connectivity index (χ1n) is 17.1. The molecule has 10 aromatic rings. The van der Waals surface area contributed by atoms with Gasteiger partial charge in [0, 0.05) is 32.7 Å². The van der Waals surface area contributed by atoms with Crippen molar-refractivity contribution >= 4 is 54.3 Å². The van der Waals surface area contributed by atoms with Gasteiger partial charge in [0.25, 0.3) is 0 Å². The maximum Gasteiger partial charge on any atom is 0.162 e. The summed E-state index contributed by atoms with van der Waals surface area (Å²) in [6.45, 7) is 0. The molecule has 0 aliphatic rings. The highest BCUT2D eigenvalue weighted by Crippen LogP contribution is 2.41. The Labute approximate surface area is 294 Å². The molecule has 0 bridgehead atoms. The van der Waals surface area contributed by atoms with Gasteiger partial charge < -0.3 is 4.57 Å². The summed E-state index contributed by atoms with van der Waals surface area (Å²) in [6.07, 6.45) is 0. The molecule has 0 aliphatic carbocycles. The zero-order chi connectivity index (χ0) is 33.9. The van der Waals surface area contributed by atoms with Crippen LogP contribution in [0.25, 0.3) is 93.7 Å². The van der Waals surface area contributed by atoms with Crippen LogP contribution in [-0.4, -0.2) is 14.5 Å². The summed E-state index contributed by atoms with van der Waals surface area (Å²) in [5.41, 5.74) is 9.23. The van der Waals surface area contributed by atoms with Crippen molar-refractivity contribution < 1.29 is 0 Å². The van der Waals surface area contributed by atoms with Gasteiger partial charge in [0.15, 0.2) is 5.82 Å². The van der Waals surface area contributed by atoms with E-state index < -0.39 is 0 Å². The number of para-hydroxylation sites is 1. The van der Waals surface area contributed by atoms with Gasteiger partial charge in [-0.3, -0.25) is 0 Å². The predicted octanol–water partition coefficient (Wildman–Crippen LogP) is 11.9. The molecule has 0 N–H and O–H groups in total. The second kappa shape index (κ2) is 11.5. The van der Waals surface area contributed by atoms with E-state index in [2.05, 4.69) is 132 Å². The molecule has 0 amide bonds. The van der Waals surface area contributed by atoms with Crippen LogP contribution in [0.2, 0.25) is 0 Å². The summed E-state index contributed by atoms with van der Waals surface area (Å²) in [7, 11) is 0. The average Bonchev–Trinajstić information content (AvgIpc) is 3.52. The van der Waals surface area contributed by atoms with Crippen LogP contribution < -0.4 is 0 Å². The molecular formula is C47H28N4. The normalized spacial score (nSPS) is 11.5. The number of rotatable bonds is 4. The molecule has 2 heterocycles. The van der Waals surface area contributed by atoms with Crippen molar-refractivity contribution in [2.75, 3.05) is 0 Å². The van der Waals surface area contributed by atoms with Gasteiger partial charge in [-0.05, 0) is 63.7 Å². The Morgan fingerprint density at radius 3 is 1.86 bits per heavy atom. The molecule has 8 aromatic carbocycles. The zero-order valence-corrected chi connectivity index (χ0v) is 27.5.